The van der Waals surface area contributed by atoms with Crippen molar-refractivity contribution in [1.29, 1.82) is 0 Å². The second-order valence-corrected chi connectivity index (χ2v) is 4.62. The van der Waals surface area contributed by atoms with Crippen molar-refractivity contribution in [3.63, 3.8) is 0 Å². The molecule has 0 heterocycles. The van der Waals surface area contributed by atoms with Crippen LogP contribution in [0.5, 0.6) is 17.2 Å². The molecule has 5 heteroatoms. The summed E-state index contributed by atoms with van der Waals surface area (Å²) in [5, 5.41) is 2.82. The smallest absolute Gasteiger partial charge is 0.255 e. The Labute approximate surface area is 135 Å². The fourth-order valence-electron chi connectivity index (χ4n) is 2.02. The zero-order valence-corrected chi connectivity index (χ0v) is 13.2. The number of amides is 1. The van der Waals surface area contributed by atoms with Crippen LogP contribution in [-0.4, -0.2) is 26.7 Å². The van der Waals surface area contributed by atoms with Gasteiger partial charge < -0.3 is 19.5 Å². The number of anilines is 1. The summed E-state index contributed by atoms with van der Waals surface area (Å²) in [6, 6.07) is 12.2. The summed E-state index contributed by atoms with van der Waals surface area (Å²) in [6.45, 7) is 3.96. The van der Waals surface area contributed by atoms with E-state index in [2.05, 4.69) is 11.9 Å². The molecule has 0 saturated carbocycles. The predicted molar refractivity (Wildman–Crippen MR) is 89.6 cm³/mol. The van der Waals surface area contributed by atoms with Crippen molar-refractivity contribution in [2.45, 2.75) is 0 Å². The Balaban J connectivity index is 2.20. The number of hydrogen-bond donors (Lipinski definition) is 1. The highest BCUT2D eigenvalue weighted by atomic mass is 16.5. The van der Waals surface area contributed by atoms with Crippen LogP contribution in [0.3, 0.4) is 0 Å². The molecular formula is C18H19NO4. The van der Waals surface area contributed by atoms with E-state index >= 15 is 0 Å². The molecule has 0 aliphatic heterocycles. The van der Waals surface area contributed by atoms with Crippen molar-refractivity contribution in [2.75, 3.05) is 26.1 Å². The lowest BCUT2D eigenvalue weighted by Crippen LogP contribution is -2.13. The Morgan fingerprint density at radius 1 is 1.09 bits per heavy atom. The number of rotatable bonds is 7. The second-order valence-electron chi connectivity index (χ2n) is 4.62. The maximum atomic E-state index is 12.4. The van der Waals surface area contributed by atoms with E-state index in [1.54, 1.807) is 43.5 Å². The Kier molecular flexibility index (Phi) is 5.63. The van der Waals surface area contributed by atoms with E-state index in [1.165, 1.54) is 7.11 Å². The monoisotopic (exact) mass is 313 g/mol. The standard InChI is InChI=1S/C18H19NO4/c1-4-11-23-16-10-9-13(12-17(16)22-3)18(20)19-14-7-5-6-8-15(14)21-2/h4-10,12H,1,11H2,2-3H3,(H,19,20). The van der Waals surface area contributed by atoms with Crippen molar-refractivity contribution in [3.05, 3.63) is 60.7 Å². The van der Waals surface area contributed by atoms with Gasteiger partial charge in [-0.3, -0.25) is 4.79 Å². The first-order valence-corrected chi connectivity index (χ1v) is 7.05. The van der Waals surface area contributed by atoms with Crippen molar-refractivity contribution in [3.8, 4) is 17.2 Å². The van der Waals surface area contributed by atoms with Crippen LogP contribution in [0, 0.1) is 0 Å². The summed E-state index contributed by atoms with van der Waals surface area (Å²) in [5.41, 5.74) is 1.06. The predicted octanol–water partition coefficient (Wildman–Crippen LogP) is 3.52. The molecule has 0 fully saturated rings. The van der Waals surface area contributed by atoms with Crippen molar-refractivity contribution < 1.29 is 19.0 Å². The van der Waals surface area contributed by atoms with Crippen molar-refractivity contribution >= 4 is 11.6 Å². The van der Waals surface area contributed by atoms with Gasteiger partial charge in [0, 0.05) is 5.56 Å². The van der Waals surface area contributed by atoms with Crippen molar-refractivity contribution in [1.82, 2.24) is 0 Å². The largest absolute Gasteiger partial charge is 0.495 e. The van der Waals surface area contributed by atoms with Gasteiger partial charge in [-0.25, -0.2) is 0 Å². The number of ether oxygens (including phenoxy) is 3. The number of nitrogens with one attached hydrogen (secondary N) is 1. The highest BCUT2D eigenvalue weighted by Gasteiger charge is 2.13. The first-order valence-electron chi connectivity index (χ1n) is 7.05. The lowest BCUT2D eigenvalue weighted by molar-refractivity contribution is 0.102. The molecule has 0 aliphatic rings. The quantitative estimate of drug-likeness (QED) is 0.795. The summed E-state index contributed by atoms with van der Waals surface area (Å²) in [5.74, 6) is 1.38. The first kappa shape index (κ1) is 16.4. The molecule has 0 aromatic heterocycles. The van der Waals surface area contributed by atoms with Gasteiger partial charge in [-0.05, 0) is 30.3 Å². The molecule has 1 amide bonds. The Morgan fingerprint density at radius 3 is 2.52 bits per heavy atom. The van der Waals surface area contributed by atoms with E-state index in [4.69, 9.17) is 14.2 Å². The fourth-order valence-corrected chi connectivity index (χ4v) is 2.02. The van der Waals surface area contributed by atoms with Crippen LogP contribution in [0.15, 0.2) is 55.1 Å². The third kappa shape index (κ3) is 4.03. The zero-order valence-electron chi connectivity index (χ0n) is 13.2. The molecule has 0 spiro atoms. The maximum absolute atomic E-state index is 12.4. The molecule has 0 unspecified atom stereocenters. The molecule has 0 bridgehead atoms. The summed E-state index contributed by atoms with van der Waals surface area (Å²) in [7, 11) is 3.08. The van der Waals surface area contributed by atoms with Gasteiger partial charge in [0.2, 0.25) is 0 Å². The lowest BCUT2D eigenvalue weighted by atomic mass is 10.1. The number of carbonyl (C=O) groups excluding carboxylic acids is 1. The lowest BCUT2D eigenvalue weighted by Gasteiger charge is -2.12. The number of para-hydroxylation sites is 2. The van der Waals surface area contributed by atoms with Crippen molar-refractivity contribution in [2.24, 2.45) is 0 Å². The van der Waals surface area contributed by atoms with Gasteiger partial charge in [-0.15, -0.1) is 0 Å². The third-order valence-corrected chi connectivity index (χ3v) is 3.14. The normalized spacial score (nSPS) is 9.83. The van der Waals surface area contributed by atoms with Crippen LogP contribution in [0.1, 0.15) is 10.4 Å². The highest BCUT2D eigenvalue weighted by Crippen LogP contribution is 2.29. The topological polar surface area (TPSA) is 56.8 Å². The Morgan fingerprint density at radius 2 is 1.83 bits per heavy atom. The average Bonchev–Trinajstić information content (AvgIpc) is 2.60. The minimum Gasteiger partial charge on any atom is -0.495 e. The summed E-state index contributed by atoms with van der Waals surface area (Å²) < 4.78 is 16.0. The third-order valence-electron chi connectivity index (χ3n) is 3.14. The maximum Gasteiger partial charge on any atom is 0.255 e. The van der Waals surface area contributed by atoms with E-state index < -0.39 is 0 Å². The van der Waals surface area contributed by atoms with Gasteiger partial charge in [0.05, 0.1) is 19.9 Å². The minimum absolute atomic E-state index is 0.261. The van der Waals surface area contributed by atoms with Crippen LogP contribution in [0.25, 0.3) is 0 Å². The molecule has 120 valence electrons. The summed E-state index contributed by atoms with van der Waals surface area (Å²) in [4.78, 5) is 12.4. The van der Waals surface area contributed by atoms with Crippen LogP contribution < -0.4 is 19.5 Å². The van der Waals surface area contributed by atoms with Gasteiger partial charge >= 0.3 is 0 Å². The first-order chi connectivity index (χ1) is 11.2. The van der Waals surface area contributed by atoms with E-state index in [9.17, 15) is 4.79 Å². The number of methoxy groups -OCH3 is 2. The van der Waals surface area contributed by atoms with E-state index in [0.29, 0.717) is 35.1 Å². The van der Waals surface area contributed by atoms with Gasteiger partial charge in [-0.1, -0.05) is 24.8 Å². The SMILES string of the molecule is C=CCOc1ccc(C(=O)Nc2ccccc2OC)cc1OC. The van der Waals surface area contributed by atoms with Gasteiger partial charge in [-0.2, -0.15) is 0 Å². The molecule has 0 saturated heterocycles. The second kappa shape index (κ2) is 7.89. The summed E-state index contributed by atoms with van der Waals surface area (Å²) in [6.07, 6.45) is 1.64. The van der Waals surface area contributed by atoms with Gasteiger partial charge in [0.25, 0.3) is 5.91 Å². The van der Waals surface area contributed by atoms with Crippen LogP contribution in [0.2, 0.25) is 0 Å². The highest BCUT2D eigenvalue weighted by molar-refractivity contribution is 6.05. The van der Waals surface area contributed by atoms with E-state index in [-0.39, 0.29) is 5.91 Å². The average molecular weight is 313 g/mol. The Bertz CT molecular complexity index is 697. The van der Waals surface area contributed by atoms with Crippen LogP contribution in [-0.2, 0) is 0 Å². The van der Waals surface area contributed by atoms with Gasteiger partial charge in [0.15, 0.2) is 11.5 Å². The summed E-state index contributed by atoms with van der Waals surface area (Å²) >= 11 is 0. The molecular weight excluding hydrogens is 294 g/mol. The minimum atomic E-state index is -0.261. The van der Waals surface area contributed by atoms with E-state index in [1.807, 2.05) is 12.1 Å². The number of benzene rings is 2. The van der Waals surface area contributed by atoms with Crippen LogP contribution in [0.4, 0.5) is 5.69 Å². The molecule has 5 nitrogen and oxygen atoms in total. The Hall–Kier alpha value is -2.95. The molecule has 2 aromatic rings. The molecule has 23 heavy (non-hydrogen) atoms. The fraction of sp³-hybridized carbons (Fsp3) is 0.167. The molecule has 2 aromatic carbocycles. The molecule has 0 aliphatic carbocycles. The number of hydrogen-bond acceptors (Lipinski definition) is 4. The van der Waals surface area contributed by atoms with Gasteiger partial charge in [0.1, 0.15) is 12.4 Å². The molecule has 0 atom stereocenters. The number of carbonyl (C=O) groups is 1. The zero-order chi connectivity index (χ0) is 16.7. The van der Waals surface area contributed by atoms with E-state index in [0.717, 1.165) is 0 Å². The molecule has 1 N–H and O–H groups in total. The molecule has 0 radical (unpaired) electrons. The molecule has 2 rings (SSSR count). The van der Waals surface area contributed by atoms with Crippen LogP contribution >= 0.6 is 0 Å².